The zero-order chi connectivity index (χ0) is 21.4. The molecule has 0 spiro atoms. The third-order valence-electron chi connectivity index (χ3n) is 4.71. The fourth-order valence-electron chi connectivity index (χ4n) is 3.31. The Balaban J connectivity index is 1.46. The Morgan fingerprint density at radius 2 is 1.87 bits per heavy atom. The highest BCUT2D eigenvalue weighted by Crippen LogP contribution is 2.21. The first-order chi connectivity index (χ1) is 14.9. The molecule has 1 N–H and O–H groups in total. The quantitative estimate of drug-likeness (QED) is 0.455. The number of aromatic nitrogens is 6. The Labute approximate surface area is 177 Å². The lowest BCUT2D eigenvalue weighted by Gasteiger charge is -2.06. The number of benzene rings is 1. The van der Waals surface area contributed by atoms with E-state index in [0.717, 1.165) is 28.3 Å². The predicted octanol–water partition coefficient (Wildman–Crippen LogP) is 2.86. The minimum Gasteiger partial charge on any atom is -0.268 e. The van der Waals surface area contributed by atoms with Crippen molar-refractivity contribution in [3.63, 3.8) is 0 Å². The monoisotopic (exact) mass is 431 g/mol. The Kier molecular flexibility index (Phi) is 4.55. The van der Waals surface area contributed by atoms with Crippen molar-refractivity contribution in [1.29, 1.82) is 0 Å². The standard InChI is InChI=1S/C21H17N7O2S/c1-31(29,30)26-20-9-5-16(12-23-20)18-7-8-19-21(24-18)28(27-25-19)13-14-4-6-17-15(11-14)3-2-10-22-17/h2-12H,13H2,1H3,(H,23,26). The van der Waals surface area contributed by atoms with E-state index in [4.69, 9.17) is 4.98 Å². The van der Waals surface area contributed by atoms with Crippen LogP contribution >= 0.6 is 0 Å². The molecule has 0 saturated carbocycles. The summed E-state index contributed by atoms with van der Waals surface area (Å²) >= 11 is 0. The van der Waals surface area contributed by atoms with Gasteiger partial charge < -0.3 is 0 Å². The maximum absolute atomic E-state index is 11.3. The third kappa shape index (κ3) is 4.05. The fraction of sp³-hybridized carbons (Fsp3) is 0.0952. The van der Waals surface area contributed by atoms with Gasteiger partial charge in [-0.05, 0) is 48.0 Å². The van der Waals surface area contributed by atoms with Crippen molar-refractivity contribution in [2.24, 2.45) is 0 Å². The van der Waals surface area contributed by atoms with Crippen molar-refractivity contribution in [2.75, 3.05) is 11.0 Å². The number of hydrogen-bond acceptors (Lipinski definition) is 7. The van der Waals surface area contributed by atoms with Gasteiger partial charge in [-0.3, -0.25) is 9.71 Å². The number of sulfonamides is 1. The second-order valence-electron chi connectivity index (χ2n) is 7.12. The molecule has 0 amide bonds. The Bertz CT molecular complexity index is 1510. The molecule has 154 valence electrons. The van der Waals surface area contributed by atoms with Crippen molar-refractivity contribution in [3.05, 3.63) is 72.6 Å². The average Bonchev–Trinajstić information content (AvgIpc) is 3.15. The van der Waals surface area contributed by atoms with Crippen LogP contribution in [0.25, 0.3) is 33.3 Å². The maximum atomic E-state index is 11.3. The lowest BCUT2D eigenvalue weighted by Crippen LogP contribution is -2.10. The summed E-state index contributed by atoms with van der Waals surface area (Å²) in [7, 11) is -3.38. The molecule has 9 nitrogen and oxygen atoms in total. The molecule has 0 unspecified atom stereocenters. The molecule has 0 saturated heterocycles. The molecule has 0 atom stereocenters. The van der Waals surface area contributed by atoms with Crippen LogP contribution in [0.3, 0.4) is 0 Å². The maximum Gasteiger partial charge on any atom is 0.230 e. The first-order valence-electron chi connectivity index (χ1n) is 9.43. The van der Waals surface area contributed by atoms with E-state index in [1.807, 2.05) is 36.4 Å². The van der Waals surface area contributed by atoms with E-state index in [9.17, 15) is 8.42 Å². The normalized spacial score (nSPS) is 11.8. The van der Waals surface area contributed by atoms with Gasteiger partial charge in [0, 0.05) is 23.3 Å². The summed E-state index contributed by atoms with van der Waals surface area (Å²) in [6.45, 7) is 0.521. The molecular weight excluding hydrogens is 414 g/mol. The first kappa shape index (κ1) is 19.1. The van der Waals surface area contributed by atoms with Crippen LogP contribution in [0, 0.1) is 0 Å². The molecule has 5 rings (SSSR count). The van der Waals surface area contributed by atoms with E-state index in [1.54, 1.807) is 29.2 Å². The summed E-state index contributed by atoms with van der Waals surface area (Å²) in [5.74, 6) is 0.254. The minimum absolute atomic E-state index is 0.254. The molecule has 0 aliphatic rings. The van der Waals surface area contributed by atoms with E-state index in [2.05, 4.69) is 31.1 Å². The number of hydrogen-bond donors (Lipinski definition) is 1. The van der Waals surface area contributed by atoms with Crippen LogP contribution in [0.4, 0.5) is 5.82 Å². The van der Waals surface area contributed by atoms with Crippen LogP contribution in [-0.2, 0) is 16.6 Å². The number of pyridine rings is 3. The summed E-state index contributed by atoms with van der Waals surface area (Å²) < 4.78 is 26.8. The van der Waals surface area contributed by atoms with Gasteiger partial charge in [0.15, 0.2) is 5.65 Å². The number of fused-ring (bicyclic) bond motifs is 2. The van der Waals surface area contributed by atoms with Gasteiger partial charge in [0.25, 0.3) is 0 Å². The number of anilines is 1. The van der Waals surface area contributed by atoms with Crippen LogP contribution < -0.4 is 4.72 Å². The molecule has 0 bridgehead atoms. The lowest BCUT2D eigenvalue weighted by atomic mass is 10.1. The highest BCUT2D eigenvalue weighted by atomic mass is 32.2. The van der Waals surface area contributed by atoms with E-state index in [-0.39, 0.29) is 5.82 Å². The smallest absolute Gasteiger partial charge is 0.230 e. The molecule has 31 heavy (non-hydrogen) atoms. The molecule has 4 heterocycles. The Morgan fingerprint density at radius 1 is 1.00 bits per heavy atom. The van der Waals surface area contributed by atoms with Crippen molar-refractivity contribution in [2.45, 2.75) is 6.54 Å². The lowest BCUT2D eigenvalue weighted by molar-refractivity contribution is 0.606. The largest absolute Gasteiger partial charge is 0.268 e. The molecule has 0 aliphatic carbocycles. The molecule has 4 aromatic heterocycles. The van der Waals surface area contributed by atoms with Crippen molar-refractivity contribution >= 4 is 37.9 Å². The van der Waals surface area contributed by atoms with E-state index in [1.165, 1.54) is 0 Å². The van der Waals surface area contributed by atoms with Crippen LogP contribution in [0.5, 0.6) is 0 Å². The number of nitrogens with one attached hydrogen (secondary N) is 1. The predicted molar refractivity (Wildman–Crippen MR) is 118 cm³/mol. The van der Waals surface area contributed by atoms with E-state index >= 15 is 0 Å². The summed E-state index contributed by atoms with van der Waals surface area (Å²) in [6.07, 6.45) is 4.43. The summed E-state index contributed by atoms with van der Waals surface area (Å²) in [5.41, 5.74) is 4.80. The summed E-state index contributed by atoms with van der Waals surface area (Å²) in [5, 5.41) is 9.53. The van der Waals surface area contributed by atoms with Gasteiger partial charge in [0.1, 0.15) is 11.3 Å². The molecule has 0 fully saturated rings. The van der Waals surface area contributed by atoms with Crippen molar-refractivity contribution in [1.82, 2.24) is 29.9 Å². The third-order valence-corrected chi connectivity index (χ3v) is 5.29. The highest BCUT2D eigenvalue weighted by molar-refractivity contribution is 7.92. The van der Waals surface area contributed by atoms with Gasteiger partial charge in [-0.2, -0.15) is 0 Å². The molecule has 5 aromatic rings. The van der Waals surface area contributed by atoms with Gasteiger partial charge in [-0.25, -0.2) is 23.1 Å². The molecular formula is C21H17N7O2S. The van der Waals surface area contributed by atoms with Gasteiger partial charge in [0.2, 0.25) is 10.0 Å². The molecule has 1 aromatic carbocycles. The van der Waals surface area contributed by atoms with Crippen LogP contribution in [0.1, 0.15) is 5.56 Å². The van der Waals surface area contributed by atoms with E-state index in [0.29, 0.717) is 23.4 Å². The number of rotatable bonds is 5. The van der Waals surface area contributed by atoms with Gasteiger partial charge in [0.05, 0.1) is 24.0 Å². The second kappa shape index (κ2) is 7.40. The minimum atomic E-state index is -3.38. The Hall–Kier alpha value is -3.92. The SMILES string of the molecule is CS(=O)(=O)Nc1ccc(-c2ccc3nnn(Cc4ccc5ncccc5c4)c3n2)cn1. The van der Waals surface area contributed by atoms with Crippen molar-refractivity contribution in [3.8, 4) is 11.3 Å². The molecule has 0 radical (unpaired) electrons. The van der Waals surface area contributed by atoms with E-state index < -0.39 is 10.0 Å². The van der Waals surface area contributed by atoms with Gasteiger partial charge in [-0.1, -0.05) is 17.3 Å². The number of nitrogens with zero attached hydrogens (tertiary/aromatic N) is 6. The topological polar surface area (TPSA) is 116 Å². The zero-order valence-electron chi connectivity index (χ0n) is 16.5. The van der Waals surface area contributed by atoms with Crippen LogP contribution in [-0.4, -0.2) is 44.6 Å². The van der Waals surface area contributed by atoms with Crippen molar-refractivity contribution < 1.29 is 8.42 Å². The first-order valence-corrected chi connectivity index (χ1v) is 11.3. The fourth-order valence-corrected chi connectivity index (χ4v) is 3.81. The van der Waals surface area contributed by atoms with Gasteiger partial charge in [-0.15, -0.1) is 5.10 Å². The highest BCUT2D eigenvalue weighted by Gasteiger charge is 2.11. The second-order valence-corrected chi connectivity index (χ2v) is 8.87. The zero-order valence-corrected chi connectivity index (χ0v) is 17.3. The molecule has 0 aliphatic heterocycles. The average molecular weight is 431 g/mol. The van der Waals surface area contributed by atoms with Crippen LogP contribution in [0.2, 0.25) is 0 Å². The van der Waals surface area contributed by atoms with Gasteiger partial charge >= 0.3 is 0 Å². The Morgan fingerprint density at radius 3 is 2.68 bits per heavy atom. The summed E-state index contributed by atoms with van der Waals surface area (Å²) in [4.78, 5) is 13.2. The van der Waals surface area contributed by atoms with Crippen LogP contribution in [0.15, 0.2) is 67.0 Å². The summed E-state index contributed by atoms with van der Waals surface area (Å²) in [6, 6.07) is 17.1. The molecule has 10 heteroatoms.